The molecule has 0 fully saturated rings. The van der Waals surface area contributed by atoms with E-state index in [1.165, 1.54) is 19.2 Å². The Bertz CT molecular complexity index is 434. The molecule has 0 spiro atoms. The minimum Gasteiger partial charge on any atom is -0.477 e. The lowest BCUT2D eigenvalue weighted by molar-refractivity contribution is -0.241. The first-order valence-corrected chi connectivity index (χ1v) is 6.15. The van der Waals surface area contributed by atoms with E-state index >= 15 is 0 Å². The fourth-order valence-corrected chi connectivity index (χ4v) is 1.73. The summed E-state index contributed by atoms with van der Waals surface area (Å²) >= 11 is 0. The SMILES string of the molecule is COC(OC(c1ccccc1)C(F)(F)C(=O)O)C(C)C. The van der Waals surface area contributed by atoms with Crippen molar-refractivity contribution >= 4 is 5.97 Å². The van der Waals surface area contributed by atoms with Gasteiger partial charge in [-0.05, 0) is 5.56 Å². The van der Waals surface area contributed by atoms with E-state index in [-0.39, 0.29) is 11.5 Å². The first-order chi connectivity index (χ1) is 9.30. The van der Waals surface area contributed by atoms with Crippen molar-refractivity contribution in [1.29, 1.82) is 0 Å². The fraction of sp³-hybridized carbons (Fsp3) is 0.500. The number of aliphatic carboxylic acids is 1. The van der Waals surface area contributed by atoms with Crippen molar-refractivity contribution in [3.05, 3.63) is 35.9 Å². The average Bonchev–Trinajstić information content (AvgIpc) is 2.39. The summed E-state index contributed by atoms with van der Waals surface area (Å²) in [4.78, 5) is 10.8. The van der Waals surface area contributed by atoms with Crippen LogP contribution in [0.1, 0.15) is 25.5 Å². The molecule has 1 N–H and O–H groups in total. The Balaban J connectivity index is 3.12. The van der Waals surface area contributed by atoms with Crippen LogP contribution in [0, 0.1) is 5.92 Å². The van der Waals surface area contributed by atoms with E-state index in [1.807, 2.05) is 0 Å². The van der Waals surface area contributed by atoms with Crippen LogP contribution in [0.3, 0.4) is 0 Å². The zero-order valence-corrected chi connectivity index (χ0v) is 11.5. The third-order valence-electron chi connectivity index (χ3n) is 2.76. The lowest BCUT2D eigenvalue weighted by Gasteiger charge is -2.29. The van der Waals surface area contributed by atoms with Crippen molar-refractivity contribution in [2.45, 2.75) is 32.2 Å². The molecule has 0 saturated heterocycles. The first kappa shape index (κ1) is 16.5. The van der Waals surface area contributed by atoms with E-state index in [1.54, 1.807) is 32.0 Å². The van der Waals surface area contributed by atoms with Crippen molar-refractivity contribution in [3.8, 4) is 0 Å². The molecule has 0 aliphatic rings. The summed E-state index contributed by atoms with van der Waals surface area (Å²) in [6, 6.07) is 7.53. The van der Waals surface area contributed by atoms with E-state index < -0.39 is 24.3 Å². The van der Waals surface area contributed by atoms with E-state index in [9.17, 15) is 13.6 Å². The zero-order valence-electron chi connectivity index (χ0n) is 11.5. The number of alkyl halides is 2. The van der Waals surface area contributed by atoms with Crippen LogP contribution in [0.2, 0.25) is 0 Å². The van der Waals surface area contributed by atoms with E-state index in [2.05, 4.69) is 0 Å². The summed E-state index contributed by atoms with van der Waals surface area (Å²) in [6.45, 7) is 3.46. The lowest BCUT2D eigenvalue weighted by Crippen LogP contribution is -2.40. The van der Waals surface area contributed by atoms with Gasteiger partial charge < -0.3 is 14.6 Å². The average molecular weight is 288 g/mol. The summed E-state index contributed by atoms with van der Waals surface area (Å²) in [5, 5.41) is 8.73. The Morgan fingerprint density at radius 1 is 1.25 bits per heavy atom. The summed E-state index contributed by atoms with van der Waals surface area (Å²) in [6.07, 6.45) is -2.83. The molecule has 0 aliphatic heterocycles. The minimum atomic E-state index is -4.05. The minimum absolute atomic E-state index is 0.0857. The van der Waals surface area contributed by atoms with Crippen LogP contribution in [-0.2, 0) is 14.3 Å². The summed E-state index contributed by atoms with van der Waals surface area (Å²) in [5.41, 5.74) is 0.0857. The third-order valence-corrected chi connectivity index (χ3v) is 2.76. The molecule has 0 radical (unpaired) electrons. The summed E-state index contributed by atoms with van der Waals surface area (Å²) in [5.74, 6) is -6.48. The number of hydrogen-bond donors (Lipinski definition) is 1. The molecule has 0 amide bonds. The molecular weight excluding hydrogens is 270 g/mol. The van der Waals surface area contributed by atoms with Crippen LogP contribution in [-0.4, -0.2) is 30.4 Å². The molecule has 112 valence electrons. The first-order valence-electron chi connectivity index (χ1n) is 6.15. The van der Waals surface area contributed by atoms with Gasteiger partial charge in [0.2, 0.25) is 0 Å². The molecule has 2 atom stereocenters. The van der Waals surface area contributed by atoms with Gasteiger partial charge in [-0.15, -0.1) is 0 Å². The van der Waals surface area contributed by atoms with Gasteiger partial charge in [0.1, 0.15) is 0 Å². The van der Waals surface area contributed by atoms with E-state index in [4.69, 9.17) is 14.6 Å². The summed E-state index contributed by atoms with van der Waals surface area (Å²) in [7, 11) is 1.33. The Labute approximate surface area is 116 Å². The Kier molecular flexibility index (Phi) is 5.59. The zero-order chi connectivity index (χ0) is 15.3. The fourth-order valence-electron chi connectivity index (χ4n) is 1.73. The van der Waals surface area contributed by atoms with Gasteiger partial charge in [-0.3, -0.25) is 0 Å². The number of halogens is 2. The topological polar surface area (TPSA) is 55.8 Å². The predicted octanol–water partition coefficient (Wildman–Crippen LogP) is 3.09. The molecule has 1 aromatic rings. The second-order valence-corrected chi connectivity index (χ2v) is 4.70. The van der Waals surface area contributed by atoms with Crippen LogP contribution in [0.25, 0.3) is 0 Å². The molecule has 4 nitrogen and oxygen atoms in total. The van der Waals surface area contributed by atoms with Gasteiger partial charge in [0.05, 0.1) is 0 Å². The molecule has 0 heterocycles. The van der Waals surface area contributed by atoms with Gasteiger partial charge in [0.15, 0.2) is 12.4 Å². The monoisotopic (exact) mass is 288 g/mol. The van der Waals surface area contributed by atoms with Crippen molar-refractivity contribution in [2.24, 2.45) is 5.92 Å². The second kappa shape index (κ2) is 6.76. The van der Waals surface area contributed by atoms with Crippen molar-refractivity contribution < 1.29 is 28.2 Å². The maximum absolute atomic E-state index is 13.9. The van der Waals surface area contributed by atoms with Gasteiger partial charge in [-0.2, -0.15) is 8.78 Å². The van der Waals surface area contributed by atoms with Crippen LogP contribution in [0.5, 0.6) is 0 Å². The van der Waals surface area contributed by atoms with Crippen molar-refractivity contribution in [2.75, 3.05) is 7.11 Å². The van der Waals surface area contributed by atoms with Gasteiger partial charge in [-0.1, -0.05) is 44.2 Å². The lowest BCUT2D eigenvalue weighted by atomic mass is 10.0. The molecule has 0 aromatic heterocycles. The van der Waals surface area contributed by atoms with Gasteiger partial charge in [-0.25, -0.2) is 4.79 Å². The van der Waals surface area contributed by atoms with Crippen molar-refractivity contribution in [3.63, 3.8) is 0 Å². The number of carboxylic acids is 1. The van der Waals surface area contributed by atoms with Gasteiger partial charge in [0.25, 0.3) is 0 Å². The van der Waals surface area contributed by atoms with E-state index in [0.717, 1.165) is 0 Å². The molecule has 2 unspecified atom stereocenters. The third kappa shape index (κ3) is 3.74. The molecule has 20 heavy (non-hydrogen) atoms. The van der Waals surface area contributed by atoms with Crippen LogP contribution in [0.4, 0.5) is 8.78 Å². The number of carbonyl (C=O) groups is 1. The van der Waals surface area contributed by atoms with Gasteiger partial charge in [0, 0.05) is 13.0 Å². The molecule has 0 saturated carbocycles. The number of benzene rings is 1. The van der Waals surface area contributed by atoms with Crippen LogP contribution < -0.4 is 0 Å². The van der Waals surface area contributed by atoms with Crippen molar-refractivity contribution in [1.82, 2.24) is 0 Å². The maximum Gasteiger partial charge on any atom is 0.377 e. The number of rotatable bonds is 7. The predicted molar refractivity (Wildman–Crippen MR) is 68.5 cm³/mol. The van der Waals surface area contributed by atoms with Crippen LogP contribution >= 0.6 is 0 Å². The molecule has 0 aliphatic carbocycles. The molecule has 1 rings (SSSR count). The number of hydrogen-bond acceptors (Lipinski definition) is 3. The van der Waals surface area contributed by atoms with Gasteiger partial charge >= 0.3 is 11.9 Å². The normalized spacial score (nSPS) is 15.1. The maximum atomic E-state index is 13.9. The van der Waals surface area contributed by atoms with Crippen LogP contribution in [0.15, 0.2) is 30.3 Å². The Morgan fingerprint density at radius 3 is 2.20 bits per heavy atom. The molecule has 6 heteroatoms. The Morgan fingerprint density at radius 2 is 1.80 bits per heavy atom. The molecule has 1 aromatic carbocycles. The highest BCUT2D eigenvalue weighted by Crippen LogP contribution is 2.36. The highest BCUT2D eigenvalue weighted by molar-refractivity contribution is 5.76. The summed E-state index contributed by atoms with van der Waals surface area (Å²) < 4.78 is 38.0. The Hall–Kier alpha value is -1.53. The molecular formula is C14H18F2O4. The number of carboxylic acid groups (broad SMARTS) is 1. The quantitative estimate of drug-likeness (QED) is 0.783. The van der Waals surface area contributed by atoms with E-state index in [0.29, 0.717) is 0 Å². The highest BCUT2D eigenvalue weighted by atomic mass is 19.3. The standard InChI is InChI=1S/C14H18F2O4/c1-9(2)12(19-3)20-11(14(15,16)13(17)18)10-7-5-4-6-8-10/h4-9,11-12H,1-3H3,(H,17,18). The number of methoxy groups -OCH3 is 1. The molecule has 0 bridgehead atoms. The largest absolute Gasteiger partial charge is 0.477 e. The second-order valence-electron chi connectivity index (χ2n) is 4.70. The highest BCUT2D eigenvalue weighted by Gasteiger charge is 2.50. The number of ether oxygens (including phenoxy) is 2. The smallest absolute Gasteiger partial charge is 0.377 e.